The van der Waals surface area contributed by atoms with E-state index in [0.717, 1.165) is 29.9 Å². The summed E-state index contributed by atoms with van der Waals surface area (Å²) >= 11 is 0. The molecule has 0 bridgehead atoms. The van der Waals surface area contributed by atoms with Crippen LogP contribution >= 0.6 is 0 Å². The van der Waals surface area contributed by atoms with Gasteiger partial charge in [-0.05, 0) is 107 Å². The van der Waals surface area contributed by atoms with Gasteiger partial charge in [0.25, 0.3) is 0 Å². The van der Waals surface area contributed by atoms with Crippen LogP contribution in [0.3, 0.4) is 0 Å². The quantitative estimate of drug-likeness (QED) is 0.157. The predicted octanol–water partition coefficient (Wildman–Crippen LogP) is 15.6. The van der Waals surface area contributed by atoms with Gasteiger partial charge in [0.15, 0.2) is 0 Å². The highest BCUT2D eigenvalue weighted by atomic mass is 15.2. The fourth-order valence-corrected chi connectivity index (χ4v) is 9.74. The monoisotopic (exact) mass is 779 g/mol. The van der Waals surface area contributed by atoms with Crippen molar-refractivity contribution in [3.63, 3.8) is 0 Å². The molecule has 0 fully saturated rings. The molecule has 1 aliphatic carbocycles. The molecule has 2 heterocycles. The molecule has 0 unspecified atom stereocenters. The first-order valence-corrected chi connectivity index (χ1v) is 21.2. The van der Waals surface area contributed by atoms with Gasteiger partial charge in [0.2, 0.25) is 0 Å². The van der Waals surface area contributed by atoms with E-state index in [1.54, 1.807) is 0 Å². The minimum atomic E-state index is 0.909. The van der Waals surface area contributed by atoms with E-state index in [4.69, 9.17) is 0 Å². The Bertz CT molecular complexity index is 3500. The SMILES string of the molecule is C1=C(c2ccc(-n3c4ccccc4c4ccc5ccccc5c43)cc2)CCC(N(c2ccc(-c3ccccc3)cc2)c2ccc3c4ccccc4n(-c4ccccc4)c3c2)=C1. The molecule has 0 saturated carbocycles. The zero-order valence-corrected chi connectivity index (χ0v) is 33.6. The number of para-hydroxylation sites is 3. The average Bonchev–Trinajstić information content (AvgIpc) is 3.86. The Labute approximate surface area is 355 Å². The lowest BCUT2D eigenvalue weighted by Gasteiger charge is -2.30. The first kappa shape index (κ1) is 35.1. The van der Waals surface area contributed by atoms with Crippen LogP contribution < -0.4 is 4.90 Å². The van der Waals surface area contributed by atoms with E-state index in [9.17, 15) is 0 Å². The average molecular weight is 780 g/mol. The number of nitrogens with zero attached hydrogens (tertiary/aromatic N) is 3. The summed E-state index contributed by atoms with van der Waals surface area (Å²) in [5, 5.41) is 7.60. The van der Waals surface area contributed by atoms with Crippen molar-refractivity contribution in [2.24, 2.45) is 0 Å². The Morgan fingerprint density at radius 3 is 1.64 bits per heavy atom. The van der Waals surface area contributed by atoms with Crippen molar-refractivity contribution < 1.29 is 0 Å². The molecular weight excluding hydrogens is 739 g/mol. The Kier molecular flexibility index (Phi) is 8.31. The number of anilines is 2. The van der Waals surface area contributed by atoms with Gasteiger partial charge in [0.05, 0.1) is 22.1 Å². The lowest BCUT2D eigenvalue weighted by molar-refractivity contribution is 0.930. The van der Waals surface area contributed by atoms with E-state index in [1.807, 2.05) is 0 Å². The summed E-state index contributed by atoms with van der Waals surface area (Å²) in [6.07, 6.45) is 6.53. The summed E-state index contributed by atoms with van der Waals surface area (Å²) in [4.78, 5) is 2.46. The summed E-state index contributed by atoms with van der Waals surface area (Å²) in [5.41, 5.74) is 15.8. The molecule has 0 atom stereocenters. The van der Waals surface area contributed by atoms with Crippen LogP contribution in [0.1, 0.15) is 18.4 Å². The van der Waals surface area contributed by atoms with Crippen molar-refractivity contribution in [3.8, 4) is 22.5 Å². The summed E-state index contributed by atoms with van der Waals surface area (Å²) in [6.45, 7) is 0. The van der Waals surface area contributed by atoms with Crippen LogP contribution in [0.4, 0.5) is 11.4 Å². The van der Waals surface area contributed by atoms with E-state index in [0.29, 0.717) is 0 Å². The van der Waals surface area contributed by atoms with Gasteiger partial charge in [-0.3, -0.25) is 0 Å². The van der Waals surface area contributed by atoms with Crippen LogP contribution in [0.2, 0.25) is 0 Å². The van der Waals surface area contributed by atoms with E-state index in [2.05, 4.69) is 239 Å². The minimum absolute atomic E-state index is 0.909. The third-order valence-corrected chi connectivity index (χ3v) is 12.6. The van der Waals surface area contributed by atoms with Gasteiger partial charge in [-0.2, -0.15) is 0 Å². The molecule has 12 rings (SSSR count). The third-order valence-electron chi connectivity index (χ3n) is 12.6. The smallest absolute Gasteiger partial charge is 0.0619 e. The first-order chi connectivity index (χ1) is 30.3. The molecule has 1 aliphatic rings. The topological polar surface area (TPSA) is 13.1 Å². The maximum atomic E-state index is 2.46. The second kappa shape index (κ2) is 14.4. The van der Waals surface area contributed by atoms with Gasteiger partial charge in [0, 0.05) is 55.4 Å². The summed E-state index contributed by atoms with van der Waals surface area (Å²) < 4.78 is 4.85. The Hall–Kier alpha value is -7.88. The van der Waals surface area contributed by atoms with E-state index >= 15 is 0 Å². The van der Waals surface area contributed by atoms with E-state index in [1.165, 1.54) is 88.0 Å². The molecule has 288 valence electrons. The molecule has 0 saturated heterocycles. The van der Waals surface area contributed by atoms with Crippen molar-refractivity contribution in [2.45, 2.75) is 12.8 Å². The van der Waals surface area contributed by atoms with Crippen molar-refractivity contribution in [2.75, 3.05) is 4.90 Å². The molecular formula is C58H41N3. The Balaban J connectivity index is 0.951. The number of fused-ring (bicyclic) bond motifs is 8. The molecule has 0 spiro atoms. The third kappa shape index (κ3) is 5.89. The Morgan fingerprint density at radius 2 is 0.902 bits per heavy atom. The van der Waals surface area contributed by atoms with E-state index < -0.39 is 0 Å². The van der Waals surface area contributed by atoms with Crippen LogP contribution in [0, 0.1) is 0 Å². The fraction of sp³-hybridized carbons (Fsp3) is 0.0345. The number of hydrogen-bond acceptors (Lipinski definition) is 1. The van der Waals surface area contributed by atoms with Crippen molar-refractivity contribution in [1.82, 2.24) is 9.13 Å². The van der Waals surface area contributed by atoms with Crippen LogP contribution in [-0.4, -0.2) is 9.13 Å². The van der Waals surface area contributed by atoms with Crippen LogP contribution in [0.15, 0.2) is 230 Å². The van der Waals surface area contributed by atoms with Crippen LogP contribution in [0.5, 0.6) is 0 Å². The van der Waals surface area contributed by atoms with Crippen LogP contribution in [-0.2, 0) is 0 Å². The lowest BCUT2D eigenvalue weighted by atomic mass is 9.94. The highest BCUT2D eigenvalue weighted by Crippen LogP contribution is 2.42. The van der Waals surface area contributed by atoms with Gasteiger partial charge in [-0.25, -0.2) is 0 Å². The summed E-state index contributed by atoms with van der Waals surface area (Å²) in [7, 11) is 0. The molecule has 2 aromatic heterocycles. The fourth-order valence-electron chi connectivity index (χ4n) is 9.74. The molecule has 0 N–H and O–H groups in total. The van der Waals surface area contributed by atoms with Crippen molar-refractivity contribution >= 4 is 71.3 Å². The molecule has 3 heteroatoms. The highest BCUT2D eigenvalue weighted by Gasteiger charge is 2.21. The second-order valence-electron chi connectivity index (χ2n) is 16.1. The second-order valence-corrected chi connectivity index (χ2v) is 16.1. The summed E-state index contributed by atoms with van der Waals surface area (Å²) in [6, 6.07) is 77.4. The molecule has 0 radical (unpaired) electrons. The van der Waals surface area contributed by atoms with Gasteiger partial charge >= 0.3 is 0 Å². The molecule has 0 aliphatic heterocycles. The highest BCUT2D eigenvalue weighted by molar-refractivity contribution is 6.18. The van der Waals surface area contributed by atoms with Crippen molar-refractivity contribution in [3.05, 3.63) is 236 Å². The maximum Gasteiger partial charge on any atom is 0.0619 e. The van der Waals surface area contributed by atoms with Crippen molar-refractivity contribution in [1.29, 1.82) is 0 Å². The van der Waals surface area contributed by atoms with Crippen LogP contribution in [0.25, 0.3) is 82.5 Å². The summed E-state index contributed by atoms with van der Waals surface area (Å²) in [5.74, 6) is 0. The standard InChI is InChI=1S/C58H41N3/c1-3-13-40(14-4-1)41-23-30-46(31-24-41)59(49-36-38-53-51-19-9-11-21-55(51)60(57(53)39-49)45-16-5-2-6-17-45)47-32-25-42(26-33-47)43-27-34-48(35-28-43)61-56-22-12-10-20-52(56)54-37-29-44-15-7-8-18-50(44)58(54)61/h1-25,27-32,34-39H,26,33H2. The predicted molar refractivity (Wildman–Crippen MR) is 258 cm³/mol. The Morgan fingerprint density at radius 1 is 0.344 bits per heavy atom. The van der Waals surface area contributed by atoms with Gasteiger partial charge in [0.1, 0.15) is 0 Å². The number of hydrogen-bond donors (Lipinski definition) is 0. The molecule has 0 amide bonds. The molecule has 9 aromatic carbocycles. The first-order valence-electron chi connectivity index (χ1n) is 21.2. The number of benzene rings is 9. The van der Waals surface area contributed by atoms with E-state index in [-0.39, 0.29) is 0 Å². The molecule has 3 nitrogen and oxygen atoms in total. The van der Waals surface area contributed by atoms with Gasteiger partial charge in [-0.1, -0.05) is 158 Å². The molecule has 11 aromatic rings. The number of aromatic nitrogens is 2. The zero-order valence-electron chi connectivity index (χ0n) is 33.6. The lowest BCUT2D eigenvalue weighted by Crippen LogP contribution is -2.18. The number of allylic oxidation sites excluding steroid dienone is 4. The largest absolute Gasteiger partial charge is 0.314 e. The zero-order chi connectivity index (χ0) is 40.3. The van der Waals surface area contributed by atoms with Gasteiger partial charge in [-0.15, -0.1) is 0 Å². The normalized spacial score (nSPS) is 13.0. The number of rotatable bonds is 7. The minimum Gasteiger partial charge on any atom is -0.314 e. The maximum absolute atomic E-state index is 2.46. The molecule has 61 heavy (non-hydrogen) atoms. The van der Waals surface area contributed by atoms with Gasteiger partial charge < -0.3 is 14.0 Å².